The highest BCUT2D eigenvalue weighted by atomic mass is 32.2. The van der Waals surface area contributed by atoms with Crippen molar-refractivity contribution in [2.75, 3.05) is 11.6 Å². The Hall–Kier alpha value is -1.35. The number of hydrogen-bond donors (Lipinski definition) is 1. The minimum atomic E-state index is -4.42. The van der Waals surface area contributed by atoms with Gasteiger partial charge >= 0.3 is 6.18 Å². The zero-order valence-corrected chi connectivity index (χ0v) is 12.5. The van der Waals surface area contributed by atoms with Crippen LogP contribution in [-0.2, 0) is 6.18 Å². The summed E-state index contributed by atoms with van der Waals surface area (Å²) in [4.78, 5) is 0. The average Bonchev–Trinajstić information content (AvgIpc) is 2.47. The van der Waals surface area contributed by atoms with E-state index in [0.717, 1.165) is 31.4 Å². The molecule has 0 heterocycles. The molecule has 6 heteroatoms. The first-order chi connectivity index (χ1) is 9.95. The molecule has 0 aliphatic heterocycles. The summed E-state index contributed by atoms with van der Waals surface area (Å²) in [6.07, 6.45) is 2.00. The number of nitrogens with one attached hydrogen (secondary N) is 1. The topological polar surface area (TPSA) is 35.8 Å². The van der Waals surface area contributed by atoms with Crippen LogP contribution in [0.25, 0.3) is 0 Å². The molecule has 2 nitrogen and oxygen atoms in total. The van der Waals surface area contributed by atoms with Crippen LogP contribution in [0.2, 0.25) is 0 Å². The first kappa shape index (κ1) is 16.0. The van der Waals surface area contributed by atoms with Crippen molar-refractivity contribution >= 4 is 17.4 Å². The van der Waals surface area contributed by atoms with E-state index >= 15 is 0 Å². The summed E-state index contributed by atoms with van der Waals surface area (Å²) < 4.78 is 38.0. The maximum absolute atomic E-state index is 12.7. The van der Waals surface area contributed by atoms with E-state index in [0.29, 0.717) is 10.9 Å². The van der Waals surface area contributed by atoms with E-state index in [4.69, 9.17) is 5.26 Å². The molecule has 2 unspecified atom stereocenters. The fourth-order valence-electron chi connectivity index (χ4n) is 2.68. The highest BCUT2D eigenvalue weighted by Crippen LogP contribution is 2.34. The van der Waals surface area contributed by atoms with E-state index in [1.54, 1.807) is 11.8 Å². The fraction of sp³-hybridized carbons (Fsp3) is 0.533. The van der Waals surface area contributed by atoms with Crippen LogP contribution in [0.1, 0.15) is 36.8 Å². The molecule has 1 aliphatic rings. The standard InChI is InChI=1S/C15H17F3N2S/c1-21-14-5-3-2-4-13(14)20-12-7-6-11(15(16,17)18)8-10(12)9-19/h6-8,13-14,20H,2-5H2,1H3. The number of benzene rings is 1. The Bertz CT molecular complexity index is 537. The number of anilines is 1. The van der Waals surface area contributed by atoms with Gasteiger partial charge in [-0.15, -0.1) is 0 Å². The van der Waals surface area contributed by atoms with Crippen LogP contribution in [0.15, 0.2) is 18.2 Å². The van der Waals surface area contributed by atoms with E-state index in [2.05, 4.69) is 5.32 Å². The quantitative estimate of drug-likeness (QED) is 0.881. The Labute approximate surface area is 126 Å². The van der Waals surface area contributed by atoms with E-state index in [9.17, 15) is 13.2 Å². The van der Waals surface area contributed by atoms with Crippen LogP contribution in [-0.4, -0.2) is 17.5 Å². The average molecular weight is 314 g/mol. The second-order valence-electron chi connectivity index (χ2n) is 5.18. The predicted octanol–water partition coefficient (Wildman–Crippen LogP) is 4.66. The molecule has 1 aromatic rings. The molecule has 1 fully saturated rings. The number of halogens is 3. The SMILES string of the molecule is CSC1CCCCC1Nc1ccc(C(F)(F)F)cc1C#N. The molecule has 0 amide bonds. The molecule has 1 saturated carbocycles. The second-order valence-corrected chi connectivity index (χ2v) is 6.26. The van der Waals surface area contributed by atoms with Gasteiger partial charge in [-0.25, -0.2) is 0 Å². The van der Waals surface area contributed by atoms with Gasteiger partial charge < -0.3 is 5.32 Å². The molecule has 0 bridgehead atoms. The van der Waals surface area contributed by atoms with Crippen molar-refractivity contribution in [3.63, 3.8) is 0 Å². The van der Waals surface area contributed by atoms with Gasteiger partial charge in [0.05, 0.1) is 16.8 Å². The molecule has 0 radical (unpaired) electrons. The Balaban J connectivity index is 2.22. The molecule has 21 heavy (non-hydrogen) atoms. The second kappa shape index (κ2) is 6.61. The molecule has 0 spiro atoms. The first-order valence-electron chi connectivity index (χ1n) is 6.86. The third-order valence-corrected chi connectivity index (χ3v) is 4.98. The molecule has 1 aliphatic carbocycles. The minimum absolute atomic E-state index is 0.0512. The summed E-state index contributed by atoms with van der Waals surface area (Å²) in [5.41, 5.74) is -0.235. The van der Waals surface area contributed by atoms with E-state index < -0.39 is 11.7 Å². The van der Waals surface area contributed by atoms with E-state index in [1.807, 2.05) is 12.3 Å². The van der Waals surface area contributed by atoms with Crippen molar-refractivity contribution in [2.24, 2.45) is 0 Å². The molecule has 2 rings (SSSR count). The number of hydrogen-bond acceptors (Lipinski definition) is 3. The van der Waals surface area contributed by atoms with Crippen LogP contribution >= 0.6 is 11.8 Å². The van der Waals surface area contributed by atoms with Gasteiger partial charge in [-0.05, 0) is 37.3 Å². The zero-order valence-electron chi connectivity index (χ0n) is 11.7. The normalized spacial score (nSPS) is 22.6. The van der Waals surface area contributed by atoms with Crippen molar-refractivity contribution in [2.45, 2.75) is 43.2 Å². The zero-order chi connectivity index (χ0) is 15.5. The van der Waals surface area contributed by atoms with Gasteiger partial charge in [-0.2, -0.15) is 30.2 Å². The number of rotatable bonds is 3. The van der Waals surface area contributed by atoms with Crippen LogP contribution in [0, 0.1) is 11.3 Å². The van der Waals surface area contributed by atoms with Gasteiger partial charge in [-0.1, -0.05) is 12.8 Å². The van der Waals surface area contributed by atoms with E-state index in [-0.39, 0.29) is 11.6 Å². The number of nitriles is 1. The fourth-order valence-corrected chi connectivity index (χ4v) is 3.62. The lowest BCUT2D eigenvalue weighted by molar-refractivity contribution is -0.137. The maximum atomic E-state index is 12.7. The summed E-state index contributed by atoms with van der Waals surface area (Å²) >= 11 is 1.77. The Morgan fingerprint density at radius 1 is 1.29 bits per heavy atom. The molecule has 1 N–H and O–H groups in total. The Morgan fingerprint density at radius 3 is 2.62 bits per heavy atom. The molecule has 0 saturated heterocycles. The molecular formula is C15H17F3N2S. The van der Waals surface area contributed by atoms with Crippen LogP contribution in [0.3, 0.4) is 0 Å². The van der Waals surface area contributed by atoms with Crippen LogP contribution in [0.4, 0.5) is 18.9 Å². The summed E-state index contributed by atoms with van der Waals surface area (Å²) in [7, 11) is 0. The van der Waals surface area contributed by atoms with Gasteiger partial charge in [0.1, 0.15) is 6.07 Å². The van der Waals surface area contributed by atoms with Crippen molar-refractivity contribution < 1.29 is 13.2 Å². The first-order valence-corrected chi connectivity index (χ1v) is 8.15. The monoisotopic (exact) mass is 314 g/mol. The maximum Gasteiger partial charge on any atom is 0.416 e. The lowest BCUT2D eigenvalue weighted by Crippen LogP contribution is -2.34. The van der Waals surface area contributed by atoms with Crippen molar-refractivity contribution in [3.05, 3.63) is 29.3 Å². The van der Waals surface area contributed by atoms with Gasteiger partial charge in [-0.3, -0.25) is 0 Å². The largest absolute Gasteiger partial charge is 0.416 e. The summed E-state index contributed by atoms with van der Waals surface area (Å²) in [6.45, 7) is 0. The number of thioether (sulfide) groups is 1. The van der Waals surface area contributed by atoms with E-state index in [1.165, 1.54) is 12.5 Å². The number of alkyl halides is 3. The van der Waals surface area contributed by atoms with Gasteiger partial charge in [0.15, 0.2) is 0 Å². The molecule has 0 aromatic heterocycles. The number of nitrogens with zero attached hydrogens (tertiary/aromatic N) is 1. The molecule has 2 atom stereocenters. The third kappa shape index (κ3) is 3.85. The minimum Gasteiger partial charge on any atom is -0.380 e. The predicted molar refractivity (Wildman–Crippen MR) is 79.3 cm³/mol. The summed E-state index contributed by atoms with van der Waals surface area (Å²) in [5, 5.41) is 12.8. The van der Waals surface area contributed by atoms with Crippen molar-refractivity contribution in [1.29, 1.82) is 5.26 Å². The van der Waals surface area contributed by atoms with Crippen LogP contribution < -0.4 is 5.32 Å². The Morgan fingerprint density at radius 2 is 2.00 bits per heavy atom. The summed E-state index contributed by atoms with van der Waals surface area (Å²) in [5.74, 6) is 0. The lowest BCUT2D eigenvalue weighted by atomic mass is 9.94. The molecular weight excluding hydrogens is 297 g/mol. The lowest BCUT2D eigenvalue weighted by Gasteiger charge is -2.32. The Kier molecular flexibility index (Phi) is 5.04. The molecule has 114 valence electrons. The van der Waals surface area contributed by atoms with Gasteiger partial charge in [0.2, 0.25) is 0 Å². The van der Waals surface area contributed by atoms with Gasteiger partial charge in [0.25, 0.3) is 0 Å². The van der Waals surface area contributed by atoms with Crippen molar-refractivity contribution in [1.82, 2.24) is 0 Å². The third-order valence-electron chi connectivity index (χ3n) is 3.81. The highest BCUT2D eigenvalue weighted by molar-refractivity contribution is 7.99. The van der Waals surface area contributed by atoms with Crippen LogP contribution in [0.5, 0.6) is 0 Å². The molecule has 1 aromatic carbocycles. The smallest absolute Gasteiger partial charge is 0.380 e. The van der Waals surface area contributed by atoms with Gasteiger partial charge in [0, 0.05) is 11.3 Å². The summed E-state index contributed by atoms with van der Waals surface area (Å²) in [6, 6.07) is 5.38. The van der Waals surface area contributed by atoms with Crippen molar-refractivity contribution in [3.8, 4) is 6.07 Å². The highest BCUT2D eigenvalue weighted by Gasteiger charge is 2.31.